The summed E-state index contributed by atoms with van der Waals surface area (Å²) in [6.07, 6.45) is 10.3. The van der Waals surface area contributed by atoms with Crippen molar-refractivity contribution in [2.24, 2.45) is 11.8 Å². The number of rotatable bonds is 11. The minimum absolute atomic E-state index is 0. The molecule has 0 saturated heterocycles. The van der Waals surface area contributed by atoms with Gasteiger partial charge in [-0.3, -0.25) is 4.79 Å². The molecule has 0 aliphatic heterocycles. The average molecular weight is 1090 g/mol. The number of benzene rings is 4. The maximum atomic E-state index is 12.3. The summed E-state index contributed by atoms with van der Waals surface area (Å²) in [6, 6.07) is 30.5. The molecule has 359 valence electrons. The van der Waals surface area contributed by atoms with Crippen LogP contribution in [0.25, 0.3) is 44.1 Å². The van der Waals surface area contributed by atoms with Crippen LogP contribution in [0.2, 0.25) is 0 Å². The molecule has 1 unspecified atom stereocenters. The van der Waals surface area contributed by atoms with E-state index in [4.69, 9.17) is 4.11 Å². The maximum absolute atomic E-state index is 12.3. The molecule has 8 heteroatoms. The minimum Gasteiger partial charge on any atom is -0.512 e. The molecule has 6 aromatic rings. The van der Waals surface area contributed by atoms with Crippen molar-refractivity contribution >= 4 is 27.3 Å². The number of fused-ring (bicyclic) bond motifs is 2. The van der Waals surface area contributed by atoms with E-state index in [1.54, 1.807) is 6.92 Å². The van der Waals surface area contributed by atoms with Gasteiger partial charge in [0.25, 0.3) is 0 Å². The van der Waals surface area contributed by atoms with Crippen molar-refractivity contribution in [2.75, 3.05) is 0 Å². The van der Waals surface area contributed by atoms with Crippen molar-refractivity contribution in [3.05, 3.63) is 142 Å². The molecule has 1 radical (unpaired) electrons. The number of allylic oxidation sites excluding steroid dienone is 2. The standard InChI is InChI=1S/2C23H24N.C13H21F3O2.Ir/c2*1-16-12-17(2)14-21(13-16)23-22-9-8-19(15-20(22)10-11-24-23)18-6-4-3-5-7-18;1-4-9(5-2)11(17)7-12(18)10(6-3)8-13(14,15)16;/h2*8-13,15,18H,3-7H2,1-2H3;7,9-10,18H,4-6,8H2,1-3H3;/q2*-1;;/b;;12-7-;/i10D,11D;11D;;. The third-order valence-corrected chi connectivity index (χ3v) is 13.4. The van der Waals surface area contributed by atoms with E-state index in [1.165, 1.54) is 80.9 Å². The summed E-state index contributed by atoms with van der Waals surface area (Å²) >= 11 is 0. The molecule has 2 fully saturated rings. The van der Waals surface area contributed by atoms with Crippen LogP contribution >= 0.6 is 0 Å². The van der Waals surface area contributed by atoms with E-state index in [-0.39, 0.29) is 50.4 Å². The first-order chi connectivity index (χ1) is 32.9. The van der Waals surface area contributed by atoms with Gasteiger partial charge >= 0.3 is 6.18 Å². The molecule has 0 amide bonds. The van der Waals surface area contributed by atoms with Crippen LogP contribution in [0.15, 0.2) is 97.0 Å². The van der Waals surface area contributed by atoms with E-state index in [1.807, 2.05) is 26.8 Å². The molecule has 2 aromatic heterocycles. The quantitative estimate of drug-likeness (QED) is 0.0798. The summed E-state index contributed by atoms with van der Waals surface area (Å²) in [6.45, 7) is 13.5. The second kappa shape index (κ2) is 25.1. The van der Waals surface area contributed by atoms with Crippen molar-refractivity contribution in [3.8, 4) is 22.5 Å². The first-order valence-electron chi connectivity index (χ1n) is 25.7. The van der Waals surface area contributed by atoms with Gasteiger partial charge < -0.3 is 15.1 Å². The van der Waals surface area contributed by atoms with E-state index < -0.39 is 24.3 Å². The molecular formula is C59H69F3IrN2O2-2. The Kier molecular flexibility index (Phi) is 18.3. The number of alkyl halides is 3. The Morgan fingerprint density at radius 1 is 0.687 bits per heavy atom. The number of nitrogens with zero attached hydrogens (tertiary/aromatic N) is 2. The maximum Gasteiger partial charge on any atom is 0.389 e. The van der Waals surface area contributed by atoms with Gasteiger partial charge in [-0.25, -0.2) is 0 Å². The van der Waals surface area contributed by atoms with Gasteiger partial charge in [0.05, 0.1) is 16.3 Å². The van der Waals surface area contributed by atoms with Crippen molar-refractivity contribution in [3.63, 3.8) is 0 Å². The fraction of sp³-hybridized carbons (Fsp3) is 0.441. The molecule has 2 heterocycles. The fourth-order valence-corrected chi connectivity index (χ4v) is 9.87. The third kappa shape index (κ3) is 14.9. The number of ketones is 1. The molecule has 8 rings (SSSR count). The summed E-state index contributed by atoms with van der Waals surface area (Å²) in [4.78, 5) is 20.7. The van der Waals surface area contributed by atoms with Crippen LogP contribution < -0.4 is 0 Å². The van der Waals surface area contributed by atoms with Crippen LogP contribution in [0.5, 0.6) is 0 Å². The van der Waals surface area contributed by atoms with E-state index in [9.17, 15) is 23.1 Å². The first kappa shape index (κ1) is 48.8. The Morgan fingerprint density at radius 2 is 1.15 bits per heavy atom. The number of aromatic nitrogens is 2. The molecule has 4 aromatic carbocycles. The zero-order valence-electron chi connectivity index (χ0n) is 43.4. The molecule has 4 nitrogen and oxygen atoms in total. The summed E-state index contributed by atoms with van der Waals surface area (Å²) in [5.41, 5.74) is 10.8. The SMILES string of the molecule is CCC(CC)C(=O)/C=C(\O)C(CC)CC(F)(F)F.[2H]c1cc2cc(C3CCCCC3)ccc2c(-c2[c-]c(C)cc(C)c2)n1.[2H]c1nc(-c2[c-]c(C)cc(C)c2)c2ccc(C3CCCCC3)cc2c1[2H].[Ir]. The molecule has 1 atom stereocenters. The van der Waals surface area contributed by atoms with Crippen molar-refractivity contribution < 1.29 is 47.3 Å². The fourth-order valence-electron chi connectivity index (χ4n) is 9.87. The van der Waals surface area contributed by atoms with Crippen molar-refractivity contribution in [2.45, 2.75) is 156 Å². The number of aryl methyl sites for hydroxylation is 4. The Morgan fingerprint density at radius 3 is 1.61 bits per heavy atom. The number of hydrogen-bond acceptors (Lipinski definition) is 4. The summed E-state index contributed by atoms with van der Waals surface area (Å²) in [5, 5.41) is 13.7. The minimum atomic E-state index is -4.33. The van der Waals surface area contributed by atoms with Crippen LogP contribution in [0.1, 0.15) is 160 Å². The predicted octanol–water partition coefficient (Wildman–Crippen LogP) is 17.1. The van der Waals surface area contributed by atoms with E-state index in [0.717, 1.165) is 66.8 Å². The number of carbonyl (C=O) groups is 1. The number of aliphatic hydroxyl groups is 1. The van der Waals surface area contributed by atoms with Gasteiger partial charge in [0.15, 0.2) is 5.78 Å². The van der Waals surface area contributed by atoms with E-state index in [0.29, 0.717) is 30.9 Å². The Hall–Kier alpha value is -4.65. The predicted molar refractivity (Wildman–Crippen MR) is 267 cm³/mol. The molecular weight excluding hydrogens is 1020 g/mol. The molecule has 2 aliphatic carbocycles. The molecule has 0 bridgehead atoms. The number of aliphatic hydroxyl groups excluding tert-OH is 1. The van der Waals surface area contributed by atoms with Gasteiger partial charge in [0.1, 0.15) is 0 Å². The van der Waals surface area contributed by atoms with Crippen LogP contribution in [0.4, 0.5) is 13.2 Å². The van der Waals surface area contributed by atoms with E-state index >= 15 is 0 Å². The largest absolute Gasteiger partial charge is 0.512 e. The van der Waals surface area contributed by atoms with Gasteiger partial charge in [0.2, 0.25) is 0 Å². The number of pyridine rings is 2. The van der Waals surface area contributed by atoms with Crippen LogP contribution in [-0.4, -0.2) is 27.0 Å². The molecule has 1 N–H and O–H groups in total. The topological polar surface area (TPSA) is 63.1 Å². The third-order valence-electron chi connectivity index (χ3n) is 13.4. The number of hydrogen-bond donors (Lipinski definition) is 1. The second-order valence-electron chi connectivity index (χ2n) is 18.7. The van der Waals surface area contributed by atoms with Gasteiger partial charge in [-0.05, 0) is 113 Å². The van der Waals surface area contributed by atoms with E-state index in [2.05, 4.69) is 104 Å². The summed E-state index contributed by atoms with van der Waals surface area (Å²) < 4.78 is 61.5. The summed E-state index contributed by atoms with van der Waals surface area (Å²) in [5.74, 6) is -0.730. The van der Waals surface area contributed by atoms with Crippen molar-refractivity contribution in [1.29, 1.82) is 0 Å². The second-order valence-corrected chi connectivity index (χ2v) is 18.7. The number of carbonyl (C=O) groups excluding carboxylic acids is 1. The van der Waals surface area contributed by atoms with Gasteiger partial charge in [-0.2, -0.15) is 13.2 Å². The van der Waals surface area contributed by atoms with Crippen molar-refractivity contribution in [1.82, 2.24) is 9.97 Å². The normalized spacial score (nSPS) is 15.9. The molecule has 2 saturated carbocycles. The van der Waals surface area contributed by atoms with Crippen LogP contribution in [0, 0.1) is 51.7 Å². The Bertz CT molecular complexity index is 2720. The van der Waals surface area contributed by atoms with Crippen LogP contribution in [0.3, 0.4) is 0 Å². The Balaban J connectivity index is 0.000000198. The Labute approximate surface area is 415 Å². The first-order valence-corrected chi connectivity index (χ1v) is 24.2. The zero-order chi connectivity index (χ0) is 50.0. The number of halogens is 3. The molecule has 67 heavy (non-hydrogen) atoms. The zero-order valence-corrected chi connectivity index (χ0v) is 42.7. The average Bonchev–Trinajstić information content (AvgIpc) is 3.31. The smallest absolute Gasteiger partial charge is 0.389 e. The van der Waals surface area contributed by atoms with Gasteiger partial charge in [0, 0.05) is 50.4 Å². The monoisotopic (exact) mass is 1090 g/mol. The van der Waals surface area contributed by atoms with Gasteiger partial charge in [-0.1, -0.05) is 123 Å². The molecule has 2 aliphatic rings. The van der Waals surface area contributed by atoms with Gasteiger partial charge in [-0.15, -0.1) is 69.8 Å². The van der Waals surface area contributed by atoms with Crippen LogP contribution in [-0.2, 0) is 24.9 Å². The molecule has 0 spiro atoms. The summed E-state index contributed by atoms with van der Waals surface area (Å²) in [7, 11) is 0.